The number of rotatable bonds is 5. The number of hydrogen-bond acceptors (Lipinski definition) is 4. The van der Waals surface area contributed by atoms with E-state index in [9.17, 15) is 18.0 Å². The van der Waals surface area contributed by atoms with Crippen LogP contribution in [0.15, 0.2) is 60.9 Å². The van der Waals surface area contributed by atoms with Crippen LogP contribution in [0.1, 0.15) is 48.1 Å². The van der Waals surface area contributed by atoms with Gasteiger partial charge >= 0.3 is 6.18 Å². The maximum atomic E-state index is 12.8. The molecule has 3 aromatic heterocycles. The minimum atomic E-state index is -4.49. The lowest BCUT2D eigenvalue weighted by Crippen LogP contribution is -2.12. The van der Waals surface area contributed by atoms with E-state index in [1.165, 1.54) is 24.3 Å². The number of alkyl halides is 3. The molecule has 4 aromatic rings. The van der Waals surface area contributed by atoms with Gasteiger partial charge in [0.1, 0.15) is 11.4 Å². The van der Waals surface area contributed by atoms with Gasteiger partial charge in [0.2, 0.25) is 5.88 Å². The van der Waals surface area contributed by atoms with Gasteiger partial charge in [0.05, 0.1) is 16.9 Å². The maximum Gasteiger partial charge on any atom is 0.416 e. The van der Waals surface area contributed by atoms with Crippen LogP contribution in [0.2, 0.25) is 0 Å². The average molecular weight is 470 g/mol. The van der Waals surface area contributed by atoms with Gasteiger partial charge < -0.3 is 14.5 Å². The van der Waals surface area contributed by atoms with E-state index in [0.717, 1.165) is 41.8 Å². The van der Waals surface area contributed by atoms with Gasteiger partial charge in [0.15, 0.2) is 0 Å². The molecule has 9 heteroatoms. The van der Waals surface area contributed by atoms with Crippen molar-refractivity contribution in [3.8, 4) is 11.6 Å². The Morgan fingerprint density at radius 2 is 1.79 bits per heavy atom. The molecule has 4 rings (SSSR count). The standard InChI is InChI=1S/C23H19F3N4O2.C2H6/c1-3-19-14(2)30-13-17(6-9-20(30)29-19)28-22(31)15-4-7-18(8-5-15)32-21-12-16(10-11-27-21)23(24,25)26;1-2/h4-13H,3H2,1-2H3,(H,28,31);1-2H3. The molecule has 1 N–H and O–H groups in total. The fraction of sp³-hybridized carbons (Fsp3) is 0.240. The maximum absolute atomic E-state index is 12.8. The Morgan fingerprint density at radius 3 is 2.44 bits per heavy atom. The number of carbonyl (C=O) groups excluding carboxylic acids is 1. The molecule has 0 atom stereocenters. The summed E-state index contributed by atoms with van der Waals surface area (Å²) in [7, 11) is 0. The highest BCUT2D eigenvalue weighted by Crippen LogP contribution is 2.31. The second-order valence-electron chi connectivity index (χ2n) is 7.10. The lowest BCUT2D eigenvalue weighted by atomic mass is 10.2. The summed E-state index contributed by atoms with van der Waals surface area (Å²) < 4.78 is 45.8. The predicted octanol–water partition coefficient (Wildman–Crippen LogP) is 6.69. The van der Waals surface area contributed by atoms with Crippen LogP contribution in [0.5, 0.6) is 11.6 Å². The van der Waals surface area contributed by atoms with Crippen molar-refractivity contribution in [2.24, 2.45) is 0 Å². The van der Waals surface area contributed by atoms with Crippen molar-refractivity contribution in [1.82, 2.24) is 14.4 Å². The van der Waals surface area contributed by atoms with Gasteiger partial charge in [-0.3, -0.25) is 4.79 Å². The molecule has 0 unspecified atom stereocenters. The van der Waals surface area contributed by atoms with Gasteiger partial charge in [0.25, 0.3) is 5.91 Å². The molecular weight excluding hydrogens is 445 g/mol. The topological polar surface area (TPSA) is 68.5 Å². The minimum absolute atomic E-state index is 0.188. The molecule has 0 saturated heterocycles. The monoisotopic (exact) mass is 470 g/mol. The van der Waals surface area contributed by atoms with Crippen molar-refractivity contribution in [1.29, 1.82) is 0 Å². The number of pyridine rings is 2. The van der Waals surface area contributed by atoms with E-state index in [2.05, 4.69) is 15.3 Å². The van der Waals surface area contributed by atoms with Gasteiger partial charge in [-0.2, -0.15) is 13.2 Å². The first-order valence-electron chi connectivity index (χ1n) is 10.8. The zero-order valence-corrected chi connectivity index (χ0v) is 19.3. The summed E-state index contributed by atoms with van der Waals surface area (Å²) in [5.41, 5.74) is 2.95. The molecule has 1 amide bonds. The van der Waals surface area contributed by atoms with Gasteiger partial charge in [-0.1, -0.05) is 20.8 Å². The summed E-state index contributed by atoms with van der Waals surface area (Å²) in [5.74, 6) is -0.259. The lowest BCUT2D eigenvalue weighted by molar-refractivity contribution is -0.137. The van der Waals surface area contributed by atoms with Crippen LogP contribution in [0.3, 0.4) is 0 Å². The number of hydrogen-bond donors (Lipinski definition) is 1. The average Bonchev–Trinajstić information content (AvgIpc) is 3.15. The molecule has 0 saturated carbocycles. The van der Waals surface area contributed by atoms with Gasteiger partial charge in [-0.15, -0.1) is 0 Å². The summed E-state index contributed by atoms with van der Waals surface area (Å²) in [6.07, 6.45) is -0.827. The Morgan fingerprint density at radius 1 is 1.09 bits per heavy atom. The summed E-state index contributed by atoms with van der Waals surface area (Å²) >= 11 is 0. The van der Waals surface area contributed by atoms with Crippen LogP contribution >= 0.6 is 0 Å². The van der Waals surface area contributed by atoms with E-state index in [1.807, 2.05) is 44.4 Å². The SMILES string of the molecule is CC.CCc1nc2ccc(NC(=O)c3ccc(Oc4cc(C(F)(F)F)ccn4)cc3)cn2c1C. The molecule has 0 fully saturated rings. The fourth-order valence-corrected chi connectivity index (χ4v) is 3.26. The largest absolute Gasteiger partial charge is 0.439 e. The summed E-state index contributed by atoms with van der Waals surface area (Å²) in [5, 5.41) is 2.83. The molecular formula is C25H25F3N4O2. The highest BCUT2D eigenvalue weighted by Gasteiger charge is 2.31. The number of fused-ring (bicyclic) bond motifs is 1. The van der Waals surface area contributed by atoms with Crippen molar-refractivity contribution in [3.63, 3.8) is 0 Å². The Hall–Kier alpha value is -3.88. The third-order valence-electron chi connectivity index (χ3n) is 4.95. The van der Waals surface area contributed by atoms with Crippen molar-refractivity contribution in [2.75, 3.05) is 5.32 Å². The number of nitrogens with one attached hydrogen (secondary N) is 1. The predicted molar refractivity (Wildman–Crippen MR) is 124 cm³/mol. The number of anilines is 1. The number of halogens is 3. The first-order chi connectivity index (χ1) is 16.2. The van der Waals surface area contributed by atoms with E-state index in [0.29, 0.717) is 11.3 Å². The Labute approximate surface area is 195 Å². The summed E-state index contributed by atoms with van der Waals surface area (Å²) in [4.78, 5) is 20.9. The smallest absolute Gasteiger partial charge is 0.416 e. The van der Waals surface area contributed by atoms with Crippen LogP contribution in [0.25, 0.3) is 5.65 Å². The third kappa shape index (κ3) is 5.54. The molecule has 0 aliphatic carbocycles. The minimum Gasteiger partial charge on any atom is -0.439 e. The molecule has 3 heterocycles. The Balaban J connectivity index is 0.00000158. The number of imidazole rings is 1. The molecule has 178 valence electrons. The molecule has 34 heavy (non-hydrogen) atoms. The quantitative estimate of drug-likeness (QED) is 0.353. The van der Waals surface area contributed by atoms with Crippen LogP contribution in [-0.2, 0) is 12.6 Å². The normalized spacial score (nSPS) is 11.0. The number of aryl methyl sites for hydroxylation is 2. The molecule has 1 aromatic carbocycles. The highest BCUT2D eigenvalue weighted by molar-refractivity contribution is 6.04. The highest BCUT2D eigenvalue weighted by atomic mass is 19.4. The molecule has 0 radical (unpaired) electrons. The van der Waals surface area contributed by atoms with E-state index >= 15 is 0 Å². The summed E-state index contributed by atoms with van der Waals surface area (Å²) in [6.45, 7) is 8.01. The van der Waals surface area contributed by atoms with Crippen molar-refractivity contribution < 1.29 is 22.7 Å². The van der Waals surface area contributed by atoms with E-state index in [1.54, 1.807) is 6.07 Å². The van der Waals surface area contributed by atoms with E-state index < -0.39 is 11.7 Å². The number of benzene rings is 1. The Bertz CT molecular complexity index is 1280. The molecule has 6 nitrogen and oxygen atoms in total. The van der Waals surface area contributed by atoms with E-state index in [4.69, 9.17) is 4.74 Å². The van der Waals surface area contributed by atoms with Crippen LogP contribution < -0.4 is 10.1 Å². The number of carbonyl (C=O) groups is 1. The van der Waals surface area contributed by atoms with Gasteiger partial charge in [0, 0.05) is 29.7 Å². The fourth-order valence-electron chi connectivity index (χ4n) is 3.26. The zero-order chi connectivity index (χ0) is 24.9. The van der Waals surface area contributed by atoms with Crippen LogP contribution in [0, 0.1) is 6.92 Å². The van der Waals surface area contributed by atoms with Crippen LogP contribution in [-0.4, -0.2) is 20.3 Å². The lowest BCUT2D eigenvalue weighted by Gasteiger charge is -2.10. The molecule has 0 aliphatic heterocycles. The first kappa shape index (κ1) is 24.8. The molecule has 0 bridgehead atoms. The van der Waals surface area contributed by atoms with E-state index in [-0.39, 0.29) is 17.5 Å². The number of aromatic nitrogens is 3. The molecule has 0 spiro atoms. The number of nitrogens with zero attached hydrogens (tertiary/aromatic N) is 3. The second kappa shape index (κ2) is 10.4. The first-order valence-corrected chi connectivity index (χ1v) is 10.8. The molecule has 0 aliphatic rings. The zero-order valence-electron chi connectivity index (χ0n) is 19.3. The van der Waals surface area contributed by atoms with Crippen molar-refractivity contribution in [2.45, 2.75) is 40.3 Å². The van der Waals surface area contributed by atoms with Gasteiger partial charge in [-0.05, 0) is 55.8 Å². The number of amides is 1. The number of ether oxygens (including phenoxy) is 1. The van der Waals surface area contributed by atoms with Gasteiger partial charge in [-0.25, -0.2) is 9.97 Å². The van der Waals surface area contributed by atoms with Crippen LogP contribution in [0.4, 0.5) is 18.9 Å². The second-order valence-corrected chi connectivity index (χ2v) is 7.10. The summed E-state index contributed by atoms with van der Waals surface area (Å²) in [6, 6.07) is 11.3. The third-order valence-corrected chi connectivity index (χ3v) is 4.95. The van der Waals surface area contributed by atoms with Crippen molar-refractivity contribution >= 4 is 17.2 Å². The Kier molecular flexibility index (Phi) is 7.55. The van der Waals surface area contributed by atoms with Crippen molar-refractivity contribution in [3.05, 3.63) is 83.4 Å².